The second-order valence-corrected chi connectivity index (χ2v) is 8.17. The second kappa shape index (κ2) is 7.28. The molecule has 2 aliphatic heterocycles. The van der Waals surface area contributed by atoms with E-state index >= 15 is 0 Å². The van der Waals surface area contributed by atoms with Crippen LogP contribution in [0.25, 0.3) is 0 Å². The standard InChI is InChI=1S/C17H18FN3O5S/c18-12-9-19-17(20-10-12)26-13-2-1-5-21(11-13)27(22,23)14-3-4-15-16(8-14)25-7-6-24-15/h3-4,8-10,13H,1-2,5-7,11H2/t13-/m0/s1. The molecule has 0 spiro atoms. The van der Waals surface area contributed by atoms with Crippen LogP contribution in [0.1, 0.15) is 12.8 Å². The maximum atomic E-state index is 13.0. The molecule has 3 heterocycles. The molecule has 0 unspecified atom stereocenters. The Bertz CT molecular complexity index is 923. The number of hydrogen-bond donors (Lipinski definition) is 0. The molecule has 0 aliphatic carbocycles. The number of piperidine rings is 1. The van der Waals surface area contributed by atoms with E-state index in [1.54, 1.807) is 6.07 Å². The largest absolute Gasteiger partial charge is 0.486 e. The highest BCUT2D eigenvalue weighted by molar-refractivity contribution is 7.89. The van der Waals surface area contributed by atoms with Crippen LogP contribution in [-0.2, 0) is 10.0 Å². The van der Waals surface area contributed by atoms with Gasteiger partial charge in [-0.15, -0.1) is 0 Å². The molecule has 0 radical (unpaired) electrons. The Labute approximate surface area is 155 Å². The molecule has 144 valence electrons. The number of sulfonamides is 1. The molecule has 1 aromatic heterocycles. The average molecular weight is 395 g/mol. The van der Waals surface area contributed by atoms with Gasteiger partial charge in [0.15, 0.2) is 17.3 Å². The van der Waals surface area contributed by atoms with Crippen LogP contribution in [0.3, 0.4) is 0 Å². The van der Waals surface area contributed by atoms with E-state index in [0.29, 0.717) is 44.1 Å². The van der Waals surface area contributed by atoms with E-state index in [2.05, 4.69) is 9.97 Å². The number of aromatic nitrogens is 2. The topological polar surface area (TPSA) is 90.9 Å². The summed E-state index contributed by atoms with van der Waals surface area (Å²) in [6.45, 7) is 1.38. The lowest BCUT2D eigenvalue weighted by Gasteiger charge is -2.31. The van der Waals surface area contributed by atoms with Crippen LogP contribution < -0.4 is 14.2 Å². The summed E-state index contributed by atoms with van der Waals surface area (Å²) in [6, 6.07) is 4.62. The fourth-order valence-corrected chi connectivity index (χ4v) is 4.59. The molecule has 1 saturated heterocycles. The van der Waals surface area contributed by atoms with Crippen LogP contribution in [0.4, 0.5) is 4.39 Å². The quantitative estimate of drug-likeness (QED) is 0.777. The molecule has 10 heteroatoms. The van der Waals surface area contributed by atoms with Gasteiger partial charge in [-0.25, -0.2) is 22.8 Å². The Balaban J connectivity index is 1.50. The molecule has 4 rings (SSSR count). The maximum Gasteiger partial charge on any atom is 0.316 e. The van der Waals surface area contributed by atoms with Crippen LogP contribution in [0, 0.1) is 5.82 Å². The highest BCUT2D eigenvalue weighted by Gasteiger charge is 2.32. The van der Waals surface area contributed by atoms with Gasteiger partial charge in [-0.05, 0) is 25.0 Å². The van der Waals surface area contributed by atoms with Gasteiger partial charge in [0.05, 0.1) is 23.8 Å². The van der Waals surface area contributed by atoms with E-state index in [-0.39, 0.29) is 17.5 Å². The first-order valence-electron chi connectivity index (χ1n) is 8.56. The molecule has 1 atom stereocenters. The summed E-state index contributed by atoms with van der Waals surface area (Å²) in [4.78, 5) is 7.66. The first-order valence-corrected chi connectivity index (χ1v) is 10.0. The minimum Gasteiger partial charge on any atom is -0.486 e. The zero-order chi connectivity index (χ0) is 18.9. The lowest BCUT2D eigenvalue weighted by atomic mass is 10.1. The summed E-state index contributed by atoms with van der Waals surface area (Å²) in [5, 5.41) is 0. The number of nitrogens with zero attached hydrogens (tertiary/aromatic N) is 3. The van der Waals surface area contributed by atoms with Gasteiger partial charge in [-0.3, -0.25) is 0 Å². The predicted molar refractivity (Wildman–Crippen MR) is 91.8 cm³/mol. The molecular weight excluding hydrogens is 377 g/mol. The van der Waals surface area contributed by atoms with Crippen molar-refractivity contribution in [1.29, 1.82) is 0 Å². The minimum atomic E-state index is -3.71. The third-order valence-electron chi connectivity index (χ3n) is 4.36. The fourth-order valence-electron chi connectivity index (χ4n) is 3.06. The number of benzene rings is 1. The second-order valence-electron chi connectivity index (χ2n) is 6.23. The number of rotatable bonds is 4. The van der Waals surface area contributed by atoms with E-state index in [0.717, 1.165) is 12.4 Å². The van der Waals surface area contributed by atoms with Crippen LogP contribution in [0.5, 0.6) is 17.5 Å². The Morgan fingerprint density at radius 2 is 1.89 bits per heavy atom. The highest BCUT2D eigenvalue weighted by Crippen LogP contribution is 2.33. The molecule has 8 nitrogen and oxygen atoms in total. The monoisotopic (exact) mass is 395 g/mol. The number of halogens is 1. The molecular formula is C17H18FN3O5S. The van der Waals surface area contributed by atoms with Gasteiger partial charge in [0, 0.05) is 12.6 Å². The van der Waals surface area contributed by atoms with Crippen molar-refractivity contribution in [1.82, 2.24) is 14.3 Å². The van der Waals surface area contributed by atoms with Crippen molar-refractivity contribution in [2.24, 2.45) is 0 Å². The third kappa shape index (κ3) is 3.81. The van der Waals surface area contributed by atoms with Crippen LogP contribution in [0.2, 0.25) is 0 Å². The minimum absolute atomic E-state index is 0.0278. The Hall–Kier alpha value is -2.46. The summed E-state index contributed by atoms with van der Waals surface area (Å²) in [5.74, 6) is 0.397. The first-order chi connectivity index (χ1) is 13.0. The molecule has 0 N–H and O–H groups in total. The summed E-state index contributed by atoms with van der Waals surface area (Å²) < 4.78 is 56.8. The maximum absolute atomic E-state index is 13.0. The lowest BCUT2D eigenvalue weighted by molar-refractivity contribution is 0.119. The molecule has 2 aliphatic rings. The predicted octanol–water partition coefficient (Wildman–Crippen LogP) is 1.62. The molecule has 2 aromatic rings. The Morgan fingerprint density at radius 1 is 1.15 bits per heavy atom. The van der Waals surface area contributed by atoms with Gasteiger partial charge < -0.3 is 14.2 Å². The summed E-state index contributed by atoms with van der Waals surface area (Å²) >= 11 is 0. The number of hydrogen-bond acceptors (Lipinski definition) is 7. The van der Waals surface area contributed by atoms with E-state index < -0.39 is 21.9 Å². The first kappa shape index (κ1) is 17.9. The highest BCUT2D eigenvalue weighted by atomic mass is 32.2. The van der Waals surface area contributed by atoms with Crippen LogP contribution >= 0.6 is 0 Å². The van der Waals surface area contributed by atoms with Crippen molar-refractivity contribution in [3.8, 4) is 17.5 Å². The van der Waals surface area contributed by atoms with Crippen molar-refractivity contribution in [3.63, 3.8) is 0 Å². The van der Waals surface area contributed by atoms with E-state index in [1.807, 2.05) is 0 Å². The summed E-state index contributed by atoms with van der Waals surface area (Å²) in [5.41, 5.74) is 0. The molecule has 1 fully saturated rings. The summed E-state index contributed by atoms with van der Waals surface area (Å²) in [6.07, 6.45) is 2.91. The number of ether oxygens (including phenoxy) is 3. The molecule has 1 aromatic carbocycles. The van der Waals surface area contributed by atoms with Crippen molar-refractivity contribution in [2.75, 3.05) is 26.3 Å². The van der Waals surface area contributed by atoms with Gasteiger partial charge in [0.25, 0.3) is 0 Å². The molecule has 27 heavy (non-hydrogen) atoms. The van der Waals surface area contributed by atoms with Crippen LogP contribution in [-0.4, -0.2) is 55.1 Å². The van der Waals surface area contributed by atoms with Gasteiger partial charge in [-0.1, -0.05) is 0 Å². The van der Waals surface area contributed by atoms with Gasteiger partial charge in [-0.2, -0.15) is 4.31 Å². The Kier molecular flexibility index (Phi) is 4.83. The van der Waals surface area contributed by atoms with Gasteiger partial charge in [0.1, 0.15) is 19.3 Å². The van der Waals surface area contributed by atoms with Crippen molar-refractivity contribution in [3.05, 3.63) is 36.4 Å². The number of fused-ring (bicyclic) bond motifs is 1. The lowest BCUT2D eigenvalue weighted by Crippen LogP contribution is -2.44. The normalized spacial score (nSPS) is 20.3. The SMILES string of the molecule is O=S(=O)(c1ccc2c(c1)OCCO2)N1CCC[C@H](Oc2ncc(F)cn2)C1. The Morgan fingerprint density at radius 3 is 2.67 bits per heavy atom. The van der Waals surface area contributed by atoms with Crippen molar-refractivity contribution < 1.29 is 27.0 Å². The average Bonchev–Trinajstić information content (AvgIpc) is 2.69. The molecule has 0 amide bonds. The third-order valence-corrected chi connectivity index (χ3v) is 6.22. The molecule has 0 saturated carbocycles. The van der Waals surface area contributed by atoms with Gasteiger partial charge in [0.2, 0.25) is 10.0 Å². The van der Waals surface area contributed by atoms with E-state index in [4.69, 9.17) is 14.2 Å². The van der Waals surface area contributed by atoms with E-state index in [1.165, 1.54) is 16.4 Å². The van der Waals surface area contributed by atoms with E-state index in [9.17, 15) is 12.8 Å². The zero-order valence-electron chi connectivity index (χ0n) is 14.4. The fraction of sp³-hybridized carbons (Fsp3) is 0.412. The van der Waals surface area contributed by atoms with Gasteiger partial charge >= 0.3 is 6.01 Å². The summed E-state index contributed by atoms with van der Waals surface area (Å²) in [7, 11) is -3.71. The van der Waals surface area contributed by atoms with Crippen molar-refractivity contribution in [2.45, 2.75) is 23.8 Å². The van der Waals surface area contributed by atoms with Crippen molar-refractivity contribution >= 4 is 10.0 Å². The smallest absolute Gasteiger partial charge is 0.316 e. The zero-order valence-corrected chi connectivity index (χ0v) is 15.2. The van der Waals surface area contributed by atoms with Crippen LogP contribution in [0.15, 0.2) is 35.5 Å². The molecule has 0 bridgehead atoms.